The molecule has 0 unspecified atom stereocenters. The summed E-state index contributed by atoms with van der Waals surface area (Å²) in [5, 5.41) is 4.61. The van der Waals surface area contributed by atoms with Gasteiger partial charge in [0.15, 0.2) is 5.09 Å². The molecule has 2 aromatic rings. The number of rotatable bonds is 4. The number of urea groups is 1. The van der Waals surface area contributed by atoms with Crippen LogP contribution < -0.4 is 10.6 Å². The molecule has 1 aliphatic heterocycles. The molecule has 1 fully saturated rings. The lowest BCUT2D eigenvalue weighted by Crippen LogP contribution is -2.51. The normalized spacial score (nSPS) is 14.7. The largest absolute Gasteiger partial charge is 0.468 e. The van der Waals surface area contributed by atoms with Crippen LogP contribution in [-0.2, 0) is 15.3 Å². The molecule has 0 saturated carbocycles. The SMILES string of the molecule is O=C1NC(=O)C(=Cc2ccc(SCc3ccco3)o2)C(=O)N1. The Balaban J connectivity index is 1.70. The Morgan fingerprint density at radius 1 is 1.09 bits per heavy atom. The molecule has 7 nitrogen and oxygen atoms in total. The van der Waals surface area contributed by atoms with Crippen LogP contribution in [0.25, 0.3) is 6.08 Å². The van der Waals surface area contributed by atoms with Crippen LogP contribution in [0.1, 0.15) is 11.5 Å². The lowest BCUT2D eigenvalue weighted by molar-refractivity contribution is -0.123. The van der Waals surface area contributed by atoms with Gasteiger partial charge >= 0.3 is 6.03 Å². The van der Waals surface area contributed by atoms with Gasteiger partial charge in [-0.25, -0.2) is 4.79 Å². The number of hydrogen-bond acceptors (Lipinski definition) is 6. The summed E-state index contributed by atoms with van der Waals surface area (Å²) in [5.41, 5.74) is -0.184. The van der Waals surface area contributed by atoms with Gasteiger partial charge in [0.1, 0.15) is 17.1 Å². The van der Waals surface area contributed by atoms with E-state index < -0.39 is 17.8 Å². The zero-order chi connectivity index (χ0) is 15.5. The minimum atomic E-state index is -0.832. The van der Waals surface area contributed by atoms with Crippen LogP contribution in [0.3, 0.4) is 0 Å². The van der Waals surface area contributed by atoms with E-state index in [0.29, 0.717) is 16.6 Å². The highest BCUT2D eigenvalue weighted by Crippen LogP contribution is 2.26. The molecule has 0 aliphatic carbocycles. The number of carbonyl (C=O) groups is 3. The van der Waals surface area contributed by atoms with Crippen molar-refractivity contribution < 1.29 is 23.2 Å². The predicted octanol–water partition coefficient (Wildman–Crippen LogP) is 1.91. The standard InChI is InChI=1S/C14H10N2O5S/c17-12-10(13(18)16-14(19)15-12)6-8-3-4-11(21-8)22-7-9-2-1-5-20-9/h1-6H,7H2,(H2,15,16,17,18,19). The molecule has 2 N–H and O–H groups in total. The predicted molar refractivity (Wildman–Crippen MR) is 76.6 cm³/mol. The second-order valence-electron chi connectivity index (χ2n) is 4.32. The van der Waals surface area contributed by atoms with Crippen molar-refractivity contribution in [3.05, 3.63) is 47.6 Å². The lowest BCUT2D eigenvalue weighted by Gasteiger charge is -2.13. The van der Waals surface area contributed by atoms with Crippen molar-refractivity contribution in [3.63, 3.8) is 0 Å². The first kappa shape index (κ1) is 14.2. The molecule has 3 rings (SSSR count). The van der Waals surface area contributed by atoms with Crippen LogP contribution in [0.15, 0.2) is 50.0 Å². The summed E-state index contributed by atoms with van der Waals surface area (Å²) in [6.07, 6.45) is 2.88. The summed E-state index contributed by atoms with van der Waals surface area (Å²) in [6, 6.07) is 6.18. The van der Waals surface area contributed by atoms with Crippen LogP contribution in [0.2, 0.25) is 0 Å². The number of nitrogens with one attached hydrogen (secondary N) is 2. The van der Waals surface area contributed by atoms with Crippen LogP contribution >= 0.6 is 11.8 Å². The first-order chi connectivity index (χ1) is 10.6. The summed E-state index contributed by atoms with van der Waals surface area (Å²) >= 11 is 1.42. The van der Waals surface area contributed by atoms with E-state index in [4.69, 9.17) is 8.83 Å². The molecule has 2 aromatic heterocycles. The summed E-state index contributed by atoms with van der Waals surface area (Å²) in [5.74, 6) is 0.249. The van der Waals surface area contributed by atoms with E-state index in [1.165, 1.54) is 17.8 Å². The summed E-state index contributed by atoms with van der Waals surface area (Å²) in [4.78, 5) is 34.1. The average Bonchev–Trinajstić information content (AvgIpc) is 3.12. The van der Waals surface area contributed by atoms with E-state index in [1.54, 1.807) is 24.5 Å². The highest BCUT2D eigenvalue weighted by atomic mass is 32.2. The van der Waals surface area contributed by atoms with Crippen LogP contribution in [0, 0.1) is 0 Å². The van der Waals surface area contributed by atoms with E-state index in [2.05, 4.69) is 0 Å². The van der Waals surface area contributed by atoms with E-state index in [9.17, 15) is 14.4 Å². The van der Waals surface area contributed by atoms with Crippen molar-refractivity contribution in [3.8, 4) is 0 Å². The molecule has 1 aliphatic rings. The van der Waals surface area contributed by atoms with Crippen molar-refractivity contribution in [2.45, 2.75) is 10.8 Å². The zero-order valence-electron chi connectivity index (χ0n) is 11.1. The molecule has 8 heteroatoms. The van der Waals surface area contributed by atoms with Gasteiger partial charge in [-0.05, 0) is 30.3 Å². The molecule has 0 bridgehead atoms. The van der Waals surface area contributed by atoms with E-state index in [-0.39, 0.29) is 5.57 Å². The fourth-order valence-electron chi connectivity index (χ4n) is 1.78. The smallest absolute Gasteiger partial charge is 0.328 e. The first-order valence-corrected chi connectivity index (χ1v) is 7.24. The lowest BCUT2D eigenvalue weighted by atomic mass is 10.1. The topological polar surface area (TPSA) is 102 Å². The van der Waals surface area contributed by atoms with Gasteiger partial charge in [-0.3, -0.25) is 20.2 Å². The Morgan fingerprint density at radius 3 is 2.55 bits per heavy atom. The van der Waals surface area contributed by atoms with Gasteiger partial charge in [-0.1, -0.05) is 11.8 Å². The molecule has 3 heterocycles. The number of carbonyl (C=O) groups excluding carboxylic acids is 3. The second kappa shape index (κ2) is 5.94. The number of thioether (sulfide) groups is 1. The molecule has 0 radical (unpaired) electrons. The van der Waals surface area contributed by atoms with E-state index >= 15 is 0 Å². The maximum absolute atomic E-state index is 11.6. The van der Waals surface area contributed by atoms with Crippen molar-refractivity contribution in [1.82, 2.24) is 10.6 Å². The molecule has 0 atom stereocenters. The molecule has 22 heavy (non-hydrogen) atoms. The molecule has 4 amide bonds. The number of barbiturate groups is 1. The van der Waals surface area contributed by atoms with Gasteiger partial charge in [-0.2, -0.15) is 0 Å². The summed E-state index contributed by atoms with van der Waals surface area (Å²) in [7, 11) is 0. The third kappa shape index (κ3) is 3.12. The molecular formula is C14H10N2O5S. The summed E-state index contributed by atoms with van der Waals surface area (Å²) in [6.45, 7) is 0. The number of hydrogen-bond donors (Lipinski definition) is 2. The number of imide groups is 2. The third-order valence-corrected chi connectivity index (χ3v) is 3.70. The highest BCUT2D eigenvalue weighted by Gasteiger charge is 2.28. The van der Waals surface area contributed by atoms with E-state index in [1.807, 2.05) is 16.7 Å². The monoisotopic (exact) mass is 318 g/mol. The van der Waals surface area contributed by atoms with Crippen molar-refractivity contribution >= 4 is 35.7 Å². The summed E-state index contributed by atoms with van der Waals surface area (Å²) < 4.78 is 10.7. The van der Waals surface area contributed by atoms with Crippen LogP contribution in [0.4, 0.5) is 4.79 Å². The molecular weight excluding hydrogens is 308 g/mol. The quantitative estimate of drug-likeness (QED) is 0.507. The van der Waals surface area contributed by atoms with Gasteiger partial charge in [0, 0.05) is 0 Å². The second-order valence-corrected chi connectivity index (χ2v) is 5.30. The number of amides is 4. The van der Waals surface area contributed by atoms with Crippen molar-refractivity contribution in [1.29, 1.82) is 0 Å². The van der Waals surface area contributed by atoms with Gasteiger partial charge in [0.05, 0.1) is 12.0 Å². The first-order valence-electron chi connectivity index (χ1n) is 6.25. The Kier molecular flexibility index (Phi) is 3.84. The van der Waals surface area contributed by atoms with Crippen LogP contribution in [-0.4, -0.2) is 17.8 Å². The van der Waals surface area contributed by atoms with Gasteiger partial charge in [0.2, 0.25) is 0 Å². The Hall–Kier alpha value is -2.74. The number of furan rings is 2. The zero-order valence-corrected chi connectivity index (χ0v) is 11.9. The average molecular weight is 318 g/mol. The van der Waals surface area contributed by atoms with Crippen molar-refractivity contribution in [2.24, 2.45) is 0 Å². The maximum Gasteiger partial charge on any atom is 0.328 e. The third-order valence-electron chi connectivity index (χ3n) is 2.77. The highest BCUT2D eigenvalue weighted by molar-refractivity contribution is 7.98. The fraction of sp³-hybridized carbons (Fsp3) is 0.0714. The van der Waals surface area contributed by atoms with Gasteiger partial charge < -0.3 is 8.83 Å². The van der Waals surface area contributed by atoms with Gasteiger partial charge in [0.25, 0.3) is 11.8 Å². The molecule has 112 valence electrons. The fourth-order valence-corrected chi connectivity index (χ4v) is 2.54. The minimum absolute atomic E-state index is 0.184. The molecule has 1 saturated heterocycles. The minimum Gasteiger partial charge on any atom is -0.468 e. The maximum atomic E-state index is 11.6. The Bertz CT molecular complexity index is 738. The Labute approximate surface area is 128 Å². The van der Waals surface area contributed by atoms with E-state index in [0.717, 1.165) is 5.76 Å². The van der Waals surface area contributed by atoms with Crippen molar-refractivity contribution in [2.75, 3.05) is 0 Å². The molecule has 0 aromatic carbocycles. The molecule has 0 spiro atoms. The Morgan fingerprint density at radius 2 is 1.86 bits per heavy atom. The van der Waals surface area contributed by atoms with Gasteiger partial charge in [-0.15, -0.1) is 0 Å². The van der Waals surface area contributed by atoms with Crippen LogP contribution in [0.5, 0.6) is 0 Å².